The van der Waals surface area contributed by atoms with Gasteiger partial charge in [0, 0.05) is 0 Å². The third kappa shape index (κ3) is 3.59. The van der Waals surface area contributed by atoms with Crippen LogP contribution in [0.3, 0.4) is 0 Å². The molecule has 0 heterocycles. The second kappa shape index (κ2) is 4.27. The normalized spacial score (nSPS) is 11.9. The number of phenols is 1. The van der Waals surface area contributed by atoms with Crippen LogP contribution >= 0.6 is 0 Å². The molecule has 0 fully saturated rings. The molecule has 0 saturated carbocycles. The van der Waals surface area contributed by atoms with E-state index in [0.29, 0.717) is 5.75 Å². The van der Waals surface area contributed by atoms with Gasteiger partial charge in [-0.15, -0.1) is 0 Å². The van der Waals surface area contributed by atoms with E-state index in [0.717, 1.165) is 5.75 Å². The van der Waals surface area contributed by atoms with Crippen LogP contribution in [-0.4, -0.2) is 19.5 Å². The van der Waals surface area contributed by atoms with Gasteiger partial charge >= 0.3 is 0 Å². The largest absolute Gasteiger partial charge is 0.508 e. The van der Waals surface area contributed by atoms with Gasteiger partial charge in [0.1, 0.15) is 17.1 Å². The Morgan fingerprint density at radius 1 is 1.20 bits per heavy atom. The molecule has 1 aromatic carbocycles. The molecule has 0 atom stereocenters. The van der Waals surface area contributed by atoms with E-state index in [-0.39, 0.29) is 5.60 Å². The molecule has 1 rings (SSSR count). The zero-order chi connectivity index (χ0) is 11.6. The van der Waals surface area contributed by atoms with Gasteiger partial charge in [-0.2, -0.15) is 0 Å². The predicted octanol–water partition coefficient (Wildman–Crippen LogP) is 2.26. The third-order valence-corrected chi connectivity index (χ3v) is 3.73. The van der Waals surface area contributed by atoms with Crippen LogP contribution in [0.25, 0.3) is 0 Å². The third-order valence-electron chi connectivity index (χ3n) is 2.03. The smallest absolute Gasteiger partial charge is 0.119 e. The minimum Gasteiger partial charge on any atom is -0.508 e. The molecule has 0 aliphatic carbocycles. The Kier molecular flexibility index (Phi) is 3.45. The van der Waals surface area contributed by atoms with Gasteiger partial charge in [-0.3, -0.25) is 0 Å². The number of benzene rings is 1. The highest BCUT2D eigenvalue weighted by Crippen LogP contribution is 2.20. The van der Waals surface area contributed by atoms with Crippen LogP contribution in [0, 0.1) is 0 Å². The van der Waals surface area contributed by atoms with Crippen LogP contribution in [-0.2, 0) is 0 Å². The highest BCUT2D eigenvalue weighted by Gasteiger charge is 2.16. The first kappa shape index (κ1) is 12.1. The first-order valence-corrected chi connectivity index (χ1v) is 8.20. The summed E-state index contributed by atoms with van der Waals surface area (Å²) in [5.74, 6) is 1.24. The summed E-state index contributed by atoms with van der Waals surface area (Å²) >= 11 is 0. The first-order valence-electron chi connectivity index (χ1n) is 5.31. The SMILES string of the molecule is C[SiH](C)c1cc(O)ccc1OC(C)(C)C. The fourth-order valence-corrected chi connectivity index (χ4v) is 2.64. The van der Waals surface area contributed by atoms with Crippen molar-refractivity contribution in [1.82, 2.24) is 0 Å². The van der Waals surface area contributed by atoms with Gasteiger partial charge in [0.2, 0.25) is 0 Å². The molecule has 15 heavy (non-hydrogen) atoms. The summed E-state index contributed by atoms with van der Waals surface area (Å²) in [5, 5.41) is 10.6. The number of ether oxygens (including phenoxy) is 1. The number of rotatable bonds is 2. The molecule has 0 unspecified atom stereocenters. The maximum atomic E-state index is 9.45. The Morgan fingerprint density at radius 3 is 2.27 bits per heavy atom. The van der Waals surface area contributed by atoms with Crippen LogP contribution in [0.2, 0.25) is 13.1 Å². The van der Waals surface area contributed by atoms with E-state index in [2.05, 4.69) is 13.1 Å². The second-order valence-corrected chi connectivity index (χ2v) is 8.02. The average Bonchev–Trinajstić information content (AvgIpc) is 2.05. The molecule has 0 amide bonds. The Labute approximate surface area is 93.5 Å². The van der Waals surface area contributed by atoms with Crippen molar-refractivity contribution in [2.75, 3.05) is 0 Å². The predicted molar refractivity (Wildman–Crippen MR) is 67.0 cm³/mol. The van der Waals surface area contributed by atoms with E-state index >= 15 is 0 Å². The molecule has 0 spiro atoms. The van der Waals surface area contributed by atoms with Gasteiger partial charge in [0.25, 0.3) is 0 Å². The number of hydrogen-bond acceptors (Lipinski definition) is 2. The van der Waals surface area contributed by atoms with Crippen molar-refractivity contribution in [2.24, 2.45) is 0 Å². The lowest BCUT2D eigenvalue weighted by Crippen LogP contribution is -2.31. The van der Waals surface area contributed by atoms with Crippen molar-refractivity contribution < 1.29 is 9.84 Å². The summed E-state index contributed by atoms with van der Waals surface area (Å²) in [4.78, 5) is 0. The second-order valence-electron chi connectivity index (χ2n) is 5.09. The lowest BCUT2D eigenvalue weighted by atomic mass is 10.2. The molecular weight excluding hydrogens is 204 g/mol. The molecule has 1 aromatic rings. The van der Waals surface area contributed by atoms with E-state index in [9.17, 15) is 5.11 Å². The summed E-state index contributed by atoms with van der Waals surface area (Å²) in [6, 6.07) is 5.38. The fraction of sp³-hybridized carbons (Fsp3) is 0.500. The minimum atomic E-state index is -0.971. The summed E-state index contributed by atoms with van der Waals surface area (Å²) in [7, 11) is -0.971. The average molecular weight is 224 g/mol. The topological polar surface area (TPSA) is 29.5 Å². The number of aromatic hydroxyl groups is 1. The molecule has 0 aliphatic heterocycles. The van der Waals surface area contributed by atoms with E-state index in [1.54, 1.807) is 6.07 Å². The Morgan fingerprint density at radius 2 is 1.80 bits per heavy atom. The summed E-state index contributed by atoms with van der Waals surface area (Å²) in [5.41, 5.74) is -0.186. The van der Waals surface area contributed by atoms with Gasteiger partial charge in [-0.1, -0.05) is 13.1 Å². The number of phenolic OH excluding ortho intramolecular Hbond substituents is 1. The molecule has 1 N–H and O–H groups in total. The highest BCUT2D eigenvalue weighted by molar-refractivity contribution is 6.71. The van der Waals surface area contributed by atoms with Crippen LogP contribution in [0.15, 0.2) is 18.2 Å². The van der Waals surface area contributed by atoms with Crippen molar-refractivity contribution in [3.63, 3.8) is 0 Å². The van der Waals surface area contributed by atoms with Gasteiger partial charge in [0.15, 0.2) is 0 Å². The van der Waals surface area contributed by atoms with Crippen molar-refractivity contribution in [1.29, 1.82) is 0 Å². The van der Waals surface area contributed by atoms with Crippen LogP contribution in [0.5, 0.6) is 11.5 Å². The number of hydrogen-bond donors (Lipinski definition) is 1. The Balaban J connectivity index is 3.06. The van der Waals surface area contributed by atoms with E-state index in [4.69, 9.17) is 4.74 Å². The lowest BCUT2D eigenvalue weighted by Gasteiger charge is -2.24. The first-order chi connectivity index (χ1) is 6.79. The molecule has 0 bridgehead atoms. The molecule has 3 heteroatoms. The summed E-state index contributed by atoms with van der Waals surface area (Å²) in [6.07, 6.45) is 0. The molecular formula is C12H20O2Si. The van der Waals surface area contributed by atoms with Gasteiger partial charge in [-0.25, -0.2) is 0 Å². The summed E-state index contributed by atoms with van der Waals surface area (Å²) < 4.78 is 5.87. The van der Waals surface area contributed by atoms with Gasteiger partial charge < -0.3 is 9.84 Å². The van der Waals surface area contributed by atoms with Crippen molar-refractivity contribution in [3.05, 3.63) is 18.2 Å². The van der Waals surface area contributed by atoms with E-state index in [1.165, 1.54) is 5.19 Å². The minimum absolute atomic E-state index is 0.186. The summed E-state index contributed by atoms with van der Waals surface area (Å²) in [6.45, 7) is 10.6. The fourth-order valence-electron chi connectivity index (χ4n) is 1.41. The standard InChI is InChI=1S/C12H20O2Si/c1-12(2,3)14-10-7-6-9(13)8-11(10)15(4)5/h6-8,13,15H,1-5H3. The van der Waals surface area contributed by atoms with Crippen LogP contribution < -0.4 is 9.92 Å². The van der Waals surface area contributed by atoms with E-state index < -0.39 is 8.80 Å². The monoisotopic (exact) mass is 224 g/mol. The van der Waals surface area contributed by atoms with Crippen LogP contribution in [0.1, 0.15) is 20.8 Å². The molecule has 0 aliphatic rings. The van der Waals surface area contributed by atoms with Crippen molar-refractivity contribution in [2.45, 2.75) is 39.5 Å². The molecule has 84 valence electrons. The zero-order valence-electron chi connectivity index (χ0n) is 10.2. The van der Waals surface area contributed by atoms with Crippen LogP contribution in [0.4, 0.5) is 0 Å². The maximum absolute atomic E-state index is 9.45. The lowest BCUT2D eigenvalue weighted by molar-refractivity contribution is 0.132. The Hall–Kier alpha value is -0.963. The van der Waals surface area contributed by atoms with Gasteiger partial charge in [0.05, 0.1) is 8.80 Å². The van der Waals surface area contributed by atoms with Gasteiger partial charge in [-0.05, 0) is 44.2 Å². The highest BCUT2D eigenvalue weighted by atomic mass is 28.3. The Bertz CT molecular complexity index is 340. The molecule has 0 radical (unpaired) electrons. The zero-order valence-corrected chi connectivity index (χ0v) is 11.3. The quantitative estimate of drug-likeness (QED) is 0.781. The molecule has 0 saturated heterocycles. The van der Waals surface area contributed by atoms with Crippen molar-refractivity contribution >= 4 is 14.0 Å². The van der Waals surface area contributed by atoms with E-state index in [1.807, 2.05) is 32.9 Å². The molecule has 2 nitrogen and oxygen atoms in total. The maximum Gasteiger partial charge on any atom is 0.119 e. The van der Waals surface area contributed by atoms with Crippen molar-refractivity contribution in [3.8, 4) is 11.5 Å². The molecule has 0 aromatic heterocycles.